The summed E-state index contributed by atoms with van der Waals surface area (Å²) in [5.74, 6) is -3.98. The van der Waals surface area contributed by atoms with E-state index in [1.54, 1.807) is 18.2 Å². The number of fused-ring (bicyclic) bond motifs is 5. The number of ether oxygens (including phenoxy) is 3. The van der Waals surface area contributed by atoms with E-state index >= 15 is 0 Å². The second-order valence-electron chi connectivity index (χ2n) is 16.6. The molecule has 0 aliphatic heterocycles. The van der Waals surface area contributed by atoms with E-state index in [1.807, 2.05) is 27.7 Å². The summed E-state index contributed by atoms with van der Waals surface area (Å²) in [7, 11) is 0. The largest absolute Gasteiger partial charge is 0.490 e. The average molecular weight is 693 g/mol. The highest BCUT2D eigenvalue weighted by molar-refractivity contribution is 5.91. The fourth-order valence-electron chi connectivity index (χ4n) is 10.4. The Morgan fingerprint density at radius 2 is 1.73 bits per heavy atom. The SMILES string of the molecule is C[C@H](CCC(=O)OC(C)(C)C)[C@H]1CC[C@H]2[C@@H]3[C@H](OC(=O)C(F)(F)F)C[C@@H]4C[C@H](OC(=O)c5cccc(C=O)c5)CC[C@]4(C)[C@H]3C[C@H](O)[C@]12C. The lowest BCUT2D eigenvalue weighted by Crippen LogP contribution is -2.63. The first-order valence-corrected chi connectivity index (χ1v) is 17.7. The molecule has 1 aromatic carbocycles. The molecule has 0 saturated heterocycles. The Morgan fingerprint density at radius 3 is 2.39 bits per heavy atom. The van der Waals surface area contributed by atoms with E-state index < -0.39 is 47.4 Å². The number of aliphatic hydroxyl groups excluding tert-OH is 1. The molecule has 0 spiro atoms. The van der Waals surface area contributed by atoms with Crippen LogP contribution in [0.1, 0.15) is 120 Å². The van der Waals surface area contributed by atoms with Crippen molar-refractivity contribution in [1.29, 1.82) is 0 Å². The average Bonchev–Trinajstić information content (AvgIpc) is 3.38. The maximum atomic E-state index is 13.7. The first-order valence-electron chi connectivity index (χ1n) is 17.7. The molecule has 0 radical (unpaired) electrons. The molecular formula is C38H51F3O8. The highest BCUT2D eigenvalue weighted by Crippen LogP contribution is 2.69. The van der Waals surface area contributed by atoms with Gasteiger partial charge in [-0.1, -0.05) is 32.9 Å². The Hall–Kier alpha value is -2.95. The number of carbonyl (C=O) groups excluding carboxylic acids is 4. The van der Waals surface area contributed by atoms with Crippen LogP contribution in [0.4, 0.5) is 13.2 Å². The number of hydrogen-bond acceptors (Lipinski definition) is 8. The fourth-order valence-corrected chi connectivity index (χ4v) is 10.4. The highest BCUT2D eigenvalue weighted by atomic mass is 19.4. The molecule has 4 fully saturated rings. The summed E-state index contributed by atoms with van der Waals surface area (Å²) in [6.45, 7) is 11.7. The van der Waals surface area contributed by atoms with Crippen LogP contribution in [-0.4, -0.2) is 59.4 Å². The number of aldehydes is 1. The van der Waals surface area contributed by atoms with Crippen molar-refractivity contribution < 1.29 is 51.7 Å². The molecule has 0 heterocycles. The van der Waals surface area contributed by atoms with Crippen molar-refractivity contribution >= 4 is 24.2 Å². The zero-order chi connectivity index (χ0) is 36.1. The van der Waals surface area contributed by atoms with E-state index in [-0.39, 0.29) is 65.3 Å². The Morgan fingerprint density at radius 1 is 1.02 bits per heavy atom. The Kier molecular flexibility index (Phi) is 10.4. The molecule has 272 valence electrons. The van der Waals surface area contributed by atoms with Crippen molar-refractivity contribution in [3.8, 4) is 0 Å². The molecule has 1 N–H and O–H groups in total. The first kappa shape index (κ1) is 37.3. The first-order chi connectivity index (χ1) is 22.8. The normalized spacial score (nSPS) is 36.4. The molecule has 4 aliphatic rings. The predicted octanol–water partition coefficient (Wildman–Crippen LogP) is 7.50. The molecular weight excluding hydrogens is 641 g/mol. The summed E-state index contributed by atoms with van der Waals surface area (Å²) in [6.07, 6.45) is -2.38. The van der Waals surface area contributed by atoms with Gasteiger partial charge >= 0.3 is 24.1 Å². The van der Waals surface area contributed by atoms with Crippen molar-refractivity contribution in [3.63, 3.8) is 0 Å². The van der Waals surface area contributed by atoms with E-state index in [0.717, 1.165) is 6.42 Å². The second kappa shape index (κ2) is 13.6. The van der Waals surface area contributed by atoms with Crippen molar-refractivity contribution in [2.24, 2.45) is 46.3 Å². The van der Waals surface area contributed by atoms with Gasteiger partial charge in [0.2, 0.25) is 0 Å². The Labute approximate surface area is 286 Å². The molecule has 49 heavy (non-hydrogen) atoms. The lowest BCUT2D eigenvalue weighted by atomic mass is 9.43. The van der Waals surface area contributed by atoms with Crippen LogP contribution in [0.15, 0.2) is 24.3 Å². The quantitative estimate of drug-likeness (QED) is 0.169. The number of hydrogen-bond donors (Lipinski definition) is 1. The standard InChI is InChI=1S/C38H51F3O8/c1-21(10-13-31(44)49-35(2,3)4)26-11-12-27-32-28(19-30(43)37(26,27)6)36(5)15-14-25(47-33(45)23-9-7-8-22(16-23)20-42)17-24(36)18-29(32)48-34(46)38(39,40)41/h7-9,16,20-21,24-30,32,43H,10-15,17-19H2,1-6H3/t21-,24+,25-,26-,27+,28+,29-,30+,32+,36+,37-/m1/s1. The zero-order valence-electron chi connectivity index (χ0n) is 29.4. The van der Waals surface area contributed by atoms with Gasteiger partial charge in [-0.2, -0.15) is 13.2 Å². The van der Waals surface area contributed by atoms with Crippen LogP contribution in [0, 0.1) is 46.3 Å². The number of alkyl halides is 3. The molecule has 11 heteroatoms. The maximum absolute atomic E-state index is 13.7. The van der Waals surface area contributed by atoms with Crippen molar-refractivity contribution in [1.82, 2.24) is 0 Å². The Bertz CT molecular complexity index is 1420. The summed E-state index contributed by atoms with van der Waals surface area (Å²) in [5, 5.41) is 12.0. The molecule has 0 unspecified atom stereocenters. The molecule has 4 aliphatic carbocycles. The fraction of sp³-hybridized carbons (Fsp3) is 0.737. The van der Waals surface area contributed by atoms with Gasteiger partial charge in [-0.15, -0.1) is 0 Å². The summed E-state index contributed by atoms with van der Waals surface area (Å²) in [4.78, 5) is 49.1. The van der Waals surface area contributed by atoms with Crippen LogP contribution >= 0.6 is 0 Å². The minimum atomic E-state index is -5.15. The van der Waals surface area contributed by atoms with Gasteiger partial charge in [0.15, 0.2) is 0 Å². The van der Waals surface area contributed by atoms with E-state index in [2.05, 4.69) is 13.8 Å². The summed E-state index contributed by atoms with van der Waals surface area (Å²) in [5.41, 5.74) is -1.03. The minimum absolute atomic E-state index is 0.0215. The number of aliphatic hydroxyl groups is 1. The minimum Gasteiger partial charge on any atom is -0.460 e. The van der Waals surface area contributed by atoms with E-state index in [9.17, 15) is 37.5 Å². The van der Waals surface area contributed by atoms with E-state index in [0.29, 0.717) is 50.4 Å². The van der Waals surface area contributed by atoms with Crippen molar-refractivity contribution in [3.05, 3.63) is 35.4 Å². The van der Waals surface area contributed by atoms with Gasteiger partial charge < -0.3 is 19.3 Å². The molecule has 0 bridgehead atoms. The summed E-state index contributed by atoms with van der Waals surface area (Å²) < 4.78 is 57.7. The highest BCUT2D eigenvalue weighted by Gasteiger charge is 2.67. The lowest BCUT2D eigenvalue weighted by molar-refractivity contribution is -0.237. The van der Waals surface area contributed by atoms with Crippen LogP contribution < -0.4 is 0 Å². The number of carbonyl (C=O) groups is 4. The number of esters is 3. The maximum Gasteiger partial charge on any atom is 0.490 e. The smallest absolute Gasteiger partial charge is 0.460 e. The summed E-state index contributed by atoms with van der Waals surface area (Å²) in [6, 6.07) is 6.19. The van der Waals surface area contributed by atoms with Crippen LogP contribution in [0.25, 0.3) is 0 Å². The lowest BCUT2D eigenvalue weighted by Gasteiger charge is -2.64. The van der Waals surface area contributed by atoms with E-state index in [4.69, 9.17) is 14.2 Å². The Balaban J connectivity index is 1.38. The molecule has 1 aromatic rings. The van der Waals surface area contributed by atoms with Crippen LogP contribution in [0.3, 0.4) is 0 Å². The van der Waals surface area contributed by atoms with Gasteiger partial charge in [0.05, 0.1) is 11.7 Å². The van der Waals surface area contributed by atoms with Gasteiger partial charge in [0, 0.05) is 17.9 Å². The van der Waals surface area contributed by atoms with Gasteiger partial charge in [-0.25, -0.2) is 9.59 Å². The van der Waals surface area contributed by atoms with Crippen molar-refractivity contribution in [2.45, 2.75) is 129 Å². The summed E-state index contributed by atoms with van der Waals surface area (Å²) >= 11 is 0. The predicted molar refractivity (Wildman–Crippen MR) is 173 cm³/mol. The van der Waals surface area contributed by atoms with Gasteiger partial charge in [-0.05, 0) is 125 Å². The monoisotopic (exact) mass is 692 g/mol. The molecule has 5 rings (SSSR count). The third kappa shape index (κ3) is 7.42. The number of benzene rings is 1. The third-order valence-corrected chi connectivity index (χ3v) is 12.7. The second-order valence-corrected chi connectivity index (χ2v) is 16.6. The van der Waals surface area contributed by atoms with Gasteiger partial charge in [0.1, 0.15) is 24.1 Å². The molecule has 11 atom stereocenters. The van der Waals surface area contributed by atoms with Crippen molar-refractivity contribution in [2.75, 3.05) is 0 Å². The van der Waals surface area contributed by atoms with Crippen LogP contribution in [0.5, 0.6) is 0 Å². The third-order valence-electron chi connectivity index (χ3n) is 12.7. The molecule has 8 nitrogen and oxygen atoms in total. The molecule has 4 saturated carbocycles. The number of halogens is 3. The van der Waals surface area contributed by atoms with Gasteiger partial charge in [-0.3, -0.25) is 9.59 Å². The zero-order valence-corrected chi connectivity index (χ0v) is 29.4. The number of rotatable bonds is 8. The molecule has 0 aromatic heterocycles. The van der Waals surface area contributed by atoms with E-state index in [1.165, 1.54) is 6.07 Å². The topological polar surface area (TPSA) is 116 Å². The van der Waals surface area contributed by atoms with Crippen LogP contribution in [-0.2, 0) is 23.8 Å². The van der Waals surface area contributed by atoms with Crippen LogP contribution in [0.2, 0.25) is 0 Å². The van der Waals surface area contributed by atoms with Gasteiger partial charge in [0.25, 0.3) is 0 Å². The molecule has 0 amide bonds.